The van der Waals surface area contributed by atoms with E-state index in [1.807, 2.05) is 60.9 Å². The van der Waals surface area contributed by atoms with E-state index < -0.39 is 0 Å². The molecule has 168 valence electrons. The standard InChI is InChI=1S/C21H20N4O2.2CH4.2ClH/c1-5-18(6-2-16(1)13-20-22-9-10-23-20)26-15-27-19-7-3-17(4-8-19)14-21-24-11-12-25-21;;;;/h1-12H,13-15H2,(H,22,23)(H,24,25);2*1H4;2*1H. The number of rotatable bonds is 8. The normalized spacial score (nSPS) is 9.29. The lowest BCUT2D eigenvalue weighted by Crippen LogP contribution is -2.05. The summed E-state index contributed by atoms with van der Waals surface area (Å²) in [6, 6.07) is 15.9. The molecular formula is C23H30Cl2N4O2. The molecule has 0 aliphatic heterocycles. The highest BCUT2D eigenvalue weighted by Gasteiger charge is 2.01. The fraction of sp³-hybridized carbons (Fsp3) is 0.217. The Morgan fingerprint density at radius 2 is 1.00 bits per heavy atom. The van der Waals surface area contributed by atoms with E-state index in [9.17, 15) is 0 Å². The molecule has 0 fully saturated rings. The lowest BCUT2D eigenvalue weighted by atomic mass is 10.1. The van der Waals surface area contributed by atoms with Gasteiger partial charge in [-0.1, -0.05) is 39.1 Å². The summed E-state index contributed by atoms with van der Waals surface area (Å²) >= 11 is 0. The van der Waals surface area contributed by atoms with E-state index in [2.05, 4.69) is 19.9 Å². The molecule has 2 heterocycles. The fourth-order valence-corrected chi connectivity index (χ4v) is 2.75. The number of aromatic amines is 2. The second-order valence-corrected chi connectivity index (χ2v) is 6.12. The Hall–Kier alpha value is -2.96. The number of halogens is 2. The zero-order valence-electron chi connectivity index (χ0n) is 15.6. The van der Waals surface area contributed by atoms with Gasteiger partial charge in [-0.3, -0.25) is 0 Å². The van der Waals surface area contributed by atoms with Crippen molar-refractivity contribution in [2.24, 2.45) is 0 Å². The van der Waals surface area contributed by atoms with Crippen LogP contribution in [0.3, 0.4) is 0 Å². The van der Waals surface area contributed by atoms with Crippen molar-refractivity contribution in [1.29, 1.82) is 0 Å². The number of nitrogens with one attached hydrogen (secondary N) is 2. The van der Waals surface area contributed by atoms with E-state index in [0.29, 0.717) is 0 Å². The quantitative estimate of drug-likeness (QED) is 0.320. The molecular weight excluding hydrogens is 435 g/mol. The minimum absolute atomic E-state index is 0. The molecule has 2 aromatic carbocycles. The highest BCUT2D eigenvalue weighted by atomic mass is 35.5. The minimum Gasteiger partial charge on any atom is -0.458 e. The van der Waals surface area contributed by atoms with Crippen LogP contribution in [0.25, 0.3) is 0 Å². The van der Waals surface area contributed by atoms with Gasteiger partial charge in [-0.2, -0.15) is 0 Å². The number of imidazole rings is 2. The third kappa shape index (κ3) is 8.36. The lowest BCUT2D eigenvalue weighted by molar-refractivity contribution is 0.120. The Morgan fingerprint density at radius 3 is 1.32 bits per heavy atom. The number of nitrogens with zero attached hydrogens (tertiary/aromatic N) is 2. The molecule has 8 heteroatoms. The number of H-pyrrole nitrogens is 2. The Morgan fingerprint density at radius 1 is 0.613 bits per heavy atom. The van der Waals surface area contributed by atoms with Gasteiger partial charge in [-0.25, -0.2) is 9.97 Å². The van der Waals surface area contributed by atoms with Gasteiger partial charge in [0.2, 0.25) is 6.79 Å². The summed E-state index contributed by atoms with van der Waals surface area (Å²) in [6.45, 7) is 0.162. The molecule has 0 aliphatic carbocycles. The van der Waals surface area contributed by atoms with Crippen LogP contribution in [0, 0.1) is 0 Å². The van der Waals surface area contributed by atoms with Gasteiger partial charge in [0.1, 0.15) is 23.1 Å². The van der Waals surface area contributed by atoms with E-state index in [0.717, 1.165) is 36.0 Å². The molecule has 0 aliphatic rings. The van der Waals surface area contributed by atoms with E-state index in [-0.39, 0.29) is 46.5 Å². The molecule has 31 heavy (non-hydrogen) atoms. The van der Waals surface area contributed by atoms with Crippen molar-refractivity contribution in [2.45, 2.75) is 27.7 Å². The van der Waals surface area contributed by atoms with Crippen LogP contribution in [-0.2, 0) is 12.8 Å². The van der Waals surface area contributed by atoms with Crippen molar-refractivity contribution in [1.82, 2.24) is 19.9 Å². The Kier molecular flexibility index (Phi) is 12.8. The van der Waals surface area contributed by atoms with Crippen LogP contribution in [-0.4, -0.2) is 26.7 Å². The van der Waals surface area contributed by atoms with Crippen molar-refractivity contribution in [3.05, 3.63) is 96.1 Å². The van der Waals surface area contributed by atoms with Gasteiger partial charge in [-0.05, 0) is 35.4 Å². The summed E-state index contributed by atoms with van der Waals surface area (Å²) in [5.41, 5.74) is 2.34. The van der Waals surface area contributed by atoms with Gasteiger partial charge in [-0.15, -0.1) is 24.8 Å². The minimum atomic E-state index is 0. The van der Waals surface area contributed by atoms with Crippen LogP contribution >= 0.6 is 24.8 Å². The molecule has 0 spiro atoms. The molecule has 0 unspecified atom stereocenters. The summed E-state index contributed by atoms with van der Waals surface area (Å²) < 4.78 is 11.3. The molecule has 2 aromatic heterocycles. The zero-order valence-corrected chi connectivity index (χ0v) is 17.2. The van der Waals surface area contributed by atoms with E-state index in [4.69, 9.17) is 9.47 Å². The molecule has 6 nitrogen and oxygen atoms in total. The molecule has 0 radical (unpaired) electrons. The highest BCUT2D eigenvalue weighted by Crippen LogP contribution is 2.17. The average molecular weight is 465 g/mol. The third-order valence-corrected chi connectivity index (χ3v) is 4.15. The van der Waals surface area contributed by atoms with Crippen molar-refractivity contribution in [3.8, 4) is 11.5 Å². The predicted octanol–water partition coefficient (Wildman–Crippen LogP) is 5.85. The van der Waals surface area contributed by atoms with Crippen molar-refractivity contribution in [3.63, 3.8) is 0 Å². The van der Waals surface area contributed by atoms with Gasteiger partial charge in [0, 0.05) is 37.6 Å². The van der Waals surface area contributed by atoms with E-state index in [1.165, 1.54) is 11.1 Å². The van der Waals surface area contributed by atoms with Gasteiger partial charge < -0.3 is 19.4 Å². The van der Waals surface area contributed by atoms with Crippen LogP contribution in [0.1, 0.15) is 37.6 Å². The third-order valence-electron chi connectivity index (χ3n) is 4.15. The molecule has 0 saturated heterocycles. The molecule has 0 atom stereocenters. The number of hydrogen-bond donors (Lipinski definition) is 2. The Balaban J connectivity index is 0.00000225. The molecule has 4 rings (SSSR count). The van der Waals surface area contributed by atoms with Gasteiger partial charge >= 0.3 is 0 Å². The van der Waals surface area contributed by atoms with Crippen molar-refractivity contribution in [2.75, 3.05) is 6.79 Å². The van der Waals surface area contributed by atoms with Gasteiger partial charge in [0.05, 0.1) is 0 Å². The van der Waals surface area contributed by atoms with E-state index >= 15 is 0 Å². The van der Waals surface area contributed by atoms with Crippen molar-refractivity contribution < 1.29 is 9.47 Å². The summed E-state index contributed by atoms with van der Waals surface area (Å²) in [6.07, 6.45) is 8.71. The maximum atomic E-state index is 5.65. The monoisotopic (exact) mass is 464 g/mol. The van der Waals surface area contributed by atoms with Crippen LogP contribution in [0.5, 0.6) is 11.5 Å². The highest BCUT2D eigenvalue weighted by molar-refractivity contribution is 5.85. The number of ether oxygens (including phenoxy) is 2. The molecule has 0 amide bonds. The summed E-state index contributed by atoms with van der Waals surface area (Å²) in [5.74, 6) is 3.44. The first-order chi connectivity index (χ1) is 13.3. The second kappa shape index (κ2) is 14.1. The zero-order chi connectivity index (χ0) is 18.3. The smallest absolute Gasteiger partial charge is 0.230 e. The van der Waals surface area contributed by atoms with Gasteiger partial charge in [0.15, 0.2) is 0 Å². The number of aromatic nitrogens is 4. The number of benzene rings is 2. The topological polar surface area (TPSA) is 75.8 Å². The summed E-state index contributed by atoms with van der Waals surface area (Å²) in [7, 11) is 0. The first-order valence-corrected chi connectivity index (χ1v) is 8.75. The average Bonchev–Trinajstić information content (AvgIpc) is 3.39. The van der Waals surface area contributed by atoms with Gasteiger partial charge in [0.25, 0.3) is 0 Å². The van der Waals surface area contributed by atoms with Crippen molar-refractivity contribution >= 4 is 24.8 Å². The van der Waals surface area contributed by atoms with Crippen LogP contribution < -0.4 is 9.47 Å². The molecule has 4 aromatic rings. The largest absolute Gasteiger partial charge is 0.458 e. The lowest BCUT2D eigenvalue weighted by Gasteiger charge is -2.09. The first-order valence-electron chi connectivity index (χ1n) is 8.75. The number of hydrogen-bond acceptors (Lipinski definition) is 4. The maximum Gasteiger partial charge on any atom is 0.230 e. The maximum absolute atomic E-state index is 5.65. The molecule has 0 saturated carbocycles. The van der Waals surface area contributed by atoms with Crippen LogP contribution in [0.2, 0.25) is 0 Å². The predicted molar refractivity (Wildman–Crippen MR) is 130 cm³/mol. The first kappa shape index (κ1) is 28.0. The summed E-state index contributed by atoms with van der Waals surface area (Å²) in [4.78, 5) is 14.7. The molecule has 2 N–H and O–H groups in total. The van der Waals surface area contributed by atoms with Crippen LogP contribution in [0.15, 0.2) is 73.3 Å². The van der Waals surface area contributed by atoms with Crippen LogP contribution in [0.4, 0.5) is 0 Å². The Bertz CT molecular complexity index is 863. The van der Waals surface area contributed by atoms with E-state index in [1.54, 1.807) is 12.4 Å². The SMILES string of the molecule is C.C.Cl.Cl.c1c[nH]c(Cc2ccc(OCOc3ccc(Cc4ncc[nH]4)cc3)cc2)n1. The Labute approximate surface area is 196 Å². The summed E-state index contributed by atoms with van der Waals surface area (Å²) in [5, 5.41) is 0. The molecule has 0 bridgehead atoms. The fourth-order valence-electron chi connectivity index (χ4n) is 2.75. The second-order valence-electron chi connectivity index (χ2n) is 6.12.